The number of nitrogens with two attached hydrogens (primary N) is 1. The molecule has 0 radical (unpaired) electrons. The van der Waals surface area contributed by atoms with Gasteiger partial charge >= 0.3 is 0 Å². The molecule has 90 valence electrons. The number of benzene rings is 1. The molecule has 5 heteroatoms. The van der Waals surface area contributed by atoms with Gasteiger partial charge in [0.1, 0.15) is 5.82 Å². The number of ether oxygens (including phenoxy) is 1. The Morgan fingerprint density at radius 1 is 1.41 bits per heavy atom. The van der Waals surface area contributed by atoms with Gasteiger partial charge in [-0.15, -0.1) is 0 Å². The van der Waals surface area contributed by atoms with Gasteiger partial charge in [0.2, 0.25) is 0 Å². The summed E-state index contributed by atoms with van der Waals surface area (Å²) in [5, 5.41) is 0.612. The van der Waals surface area contributed by atoms with Crippen LogP contribution in [0.4, 0.5) is 0 Å². The molecule has 2 N–H and O–H groups in total. The molecule has 2 aromatic rings. The van der Waals surface area contributed by atoms with Gasteiger partial charge in [-0.2, -0.15) is 0 Å². The monoisotopic (exact) mass is 233 g/mol. The Balaban J connectivity index is 2.63. The zero-order valence-corrected chi connectivity index (χ0v) is 9.72. The maximum absolute atomic E-state index is 12.2. The van der Waals surface area contributed by atoms with Gasteiger partial charge in [-0.3, -0.25) is 9.36 Å². The fourth-order valence-electron chi connectivity index (χ4n) is 1.78. The molecule has 0 saturated heterocycles. The first-order chi connectivity index (χ1) is 8.27. The lowest BCUT2D eigenvalue weighted by Gasteiger charge is -2.11. The summed E-state index contributed by atoms with van der Waals surface area (Å²) in [6.45, 7) is 1.18. The number of fused-ring (bicyclic) bond motifs is 1. The van der Waals surface area contributed by atoms with E-state index in [-0.39, 0.29) is 12.1 Å². The SMILES string of the molecule is COCCn1c(CN)nc2ccccc2c1=O. The second kappa shape index (κ2) is 5.07. The van der Waals surface area contributed by atoms with E-state index in [0.29, 0.717) is 29.9 Å². The van der Waals surface area contributed by atoms with Crippen LogP contribution in [0.5, 0.6) is 0 Å². The Morgan fingerprint density at radius 2 is 2.18 bits per heavy atom. The van der Waals surface area contributed by atoms with E-state index < -0.39 is 0 Å². The molecule has 0 aliphatic rings. The first-order valence-corrected chi connectivity index (χ1v) is 5.45. The van der Waals surface area contributed by atoms with Gasteiger partial charge in [-0.25, -0.2) is 4.98 Å². The van der Waals surface area contributed by atoms with E-state index in [1.165, 1.54) is 0 Å². The van der Waals surface area contributed by atoms with Crippen molar-refractivity contribution in [3.63, 3.8) is 0 Å². The van der Waals surface area contributed by atoms with E-state index in [1.54, 1.807) is 17.7 Å². The van der Waals surface area contributed by atoms with Gasteiger partial charge in [0.05, 0.1) is 30.6 Å². The molecular weight excluding hydrogens is 218 g/mol. The fraction of sp³-hybridized carbons (Fsp3) is 0.333. The molecular formula is C12H15N3O2. The summed E-state index contributed by atoms with van der Waals surface area (Å²) in [6.07, 6.45) is 0. The topological polar surface area (TPSA) is 70.1 Å². The van der Waals surface area contributed by atoms with Crippen LogP contribution in [0.15, 0.2) is 29.1 Å². The molecule has 0 unspecified atom stereocenters. The summed E-state index contributed by atoms with van der Waals surface area (Å²) in [5.74, 6) is 0.589. The highest BCUT2D eigenvalue weighted by Crippen LogP contribution is 2.07. The molecule has 1 aromatic carbocycles. The highest BCUT2D eigenvalue weighted by Gasteiger charge is 2.08. The van der Waals surface area contributed by atoms with Crippen LogP contribution in [0.1, 0.15) is 5.82 Å². The number of aromatic nitrogens is 2. The molecule has 0 fully saturated rings. The van der Waals surface area contributed by atoms with E-state index in [1.807, 2.05) is 18.2 Å². The molecule has 2 rings (SSSR count). The minimum Gasteiger partial charge on any atom is -0.383 e. The molecule has 0 aliphatic carbocycles. The first kappa shape index (κ1) is 11.8. The lowest BCUT2D eigenvalue weighted by molar-refractivity contribution is 0.185. The zero-order valence-electron chi connectivity index (χ0n) is 9.72. The van der Waals surface area contributed by atoms with Gasteiger partial charge in [0.25, 0.3) is 5.56 Å². The average molecular weight is 233 g/mol. The molecule has 0 atom stereocenters. The van der Waals surface area contributed by atoms with E-state index in [2.05, 4.69) is 4.98 Å². The van der Waals surface area contributed by atoms with Crippen LogP contribution in [-0.2, 0) is 17.8 Å². The van der Waals surface area contributed by atoms with Gasteiger partial charge in [0, 0.05) is 7.11 Å². The molecule has 0 saturated carbocycles. The molecule has 0 amide bonds. The Bertz CT molecular complexity index is 577. The Morgan fingerprint density at radius 3 is 2.88 bits per heavy atom. The van der Waals surface area contributed by atoms with Gasteiger partial charge in [-0.05, 0) is 12.1 Å². The third kappa shape index (κ3) is 2.20. The van der Waals surface area contributed by atoms with E-state index in [0.717, 1.165) is 0 Å². The summed E-state index contributed by atoms with van der Waals surface area (Å²) in [4.78, 5) is 16.6. The normalized spacial score (nSPS) is 10.9. The number of rotatable bonds is 4. The van der Waals surface area contributed by atoms with Crippen molar-refractivity contribution in [3.8, 4) is 0 Å². The summed E-state index contributed by atoms with van der Waals surface area (Å²) in [6, 6.07) is 7.27. The molecule has 1 heterocycles. The van der Waals surface area contributed by atoms with Crippen LogP contribution in [-0.4, -0.2) is 23.3 Å². The maximum Gasteiger partial charge on any atom is 0.261 e. The van der Waals surface area contributed by atoms with Crippen LogP contribution < -0.4 is 11.3 Å². The summed E-state index contributed by atoms with van der Waals surface area (Å²) in [7, 11) is 1.60. The highest BCUT2D eigenvalue weighted by atomic mass is 16.5. The summed E-state index contributed by atoms with van der Waals surface area (Å²) in [5.41, 5.74) is 6.24. The Hall–Kier alpha value is -1.72. The van der Waals surface area contributed by atoms with Crippen LogP contribution in [0.2, 0.25) is 0 Å². The minimum absolute atomic E-state index is 0.0619. The number of hydrogen-bond acceptors (Lipinski definition) is 4. The highest BCUT2D eigenvalue weighted by molar-refractivity contribution is 5.77. The number of nitrogens with zero attached hydrogens (tertiary/aromatic N) is 2. The van der Waals surface area contributed by atoms with Crippen molar-refractivity contribution in [2.45, 2.75) is 13.1 Å². The molecule has 5 nitrogen and oxygen atoms in total. The second-order valence-electron chi connectivity index (χ2n) is 3.70. The van der Waals surface area contributed by atoms with Crippen molar-refractivity contribution in [2.24, 2.45) is 5.73 Å². The van der Waals surface area contributed by atoms with Crippen LogP contribution in [0.25, 0.3) is 10.9 Å². The summed E-state index contributed by atoms with van der Waals surface area (Å²) >= 11 is 0. The van der Waals surface area contributed by atoms with Crippen molar-refractivity contribution < 1.29 is 4.74 Å². The lowest BCUT2D eigenvalue weighted by atomic mass is 10.2. The first-order valence-electron chi connectivity index (χ1n) is 5.45. The van der Waals surface area contributed by atoms with Gasteiger partial charge in [-0.1, -0.05) is 12.1 Å². The van der Waals surface area contributed by atoms with Gasteiger partial charge < -0.3 is 10.5 Å². The fourth-order valence-corrected chi connectivity index (χ4v) is 1.78. The number of methoxy groups -OCH3 is 1. The smallest absolute Gasteiger partial charge is 0.261 e. The number of hydrogen-bond donors (Lipinski definition) is 1. The third-order valence-electron chi connectivity index (χ3n) is 2.64. The van der Waals surface area contributed by atoms with E-state index in [4.69, 9.17) is 10.5 Å². The molecule has 0 aliphatic heterocycles. The standard InChI is InChI=1S/C12H15N3O2/c1-17-7-6-15-11(8-13)14-10-5-3-2-4-9(10)12(15)16/h2-5H,6-8,13H2,1H3. The quantitative estimate of drug-likeness (QED) is 0.835. The van der Waals surface area contributed by atoms with Crippen molar-refractivity contribution in [1.29, 1.82) is 0 Å². The van der Waals surface area contributed by atoms with Gasteiger partial charge in [0.15, 0.2) is 0 Å². The van der Waals surface area contributed by atoms with Crippen molar-refractivity contribution in [1.82, 2.24) is 9.55 Å². The Labute approximate surface area is 98.8 Å². The average Bonchev–Trinajstić information content (AvgIpc) is 2.37. The second-order valence-corrected chi connectivity index (χ2v) is 3.70. The van der Waals surface area contributed by atoms with E-state index in [9.17, 15) is 4.79 Å². The minimum atomic E-state index is -0.0619. The van der Waals surface area contributed by atoms with Crippen molar-refractivity contribution in [2.75, 3.05) is 13.7 Å². The third-order valence-corrected chi connectivity index (χ3v) is 2.64. The molecule has 0 spiro atoms. The Kier molecular flexibility index (Phi) is 3.51. The van der Waals surface area contributed by atoms with Crippen LogP contribution >= 0.6 is 0 Å². The van der Waals surface area contributed by atoms with Crippen LogP contribution in [0, 0.1) is 0 Å². The number of para-hydroxylation sites is 1. The molecule has 17 heavy (non-hydrogen) atoms. The largest absolute Gasteiger partial charge is 0.383 e. The molecule has 0 bridgehead atoms. The molecule has 1 aromatic heterocycles. The zero-order chi connectivity index (χ0) is 12.3. The lowest BCUT2D eigenvalue weighted by Crippen LogP contribution is -2.28. The summed E-state index contributed by atoms with van der Waals surface area (Å²) < 4.78 is 6.56. The van der Waals surface area contributed by atoms with E-state index >= 15 is 0 Å². The predicted octanol–water partition coefficient (Wildman–Crippen LogP) is 0.502. The maximum atomic E-state index is 12.2. The predicted molar refractivity (Wildman–Crippen MR) is 65.8 cm³/mol. The van der Waals surface area contributed by atoms with Crippen LogP contribution in [0.3, 0.4) is 0 Å². The van der Waals surface area contributed by atoms with Crippen molar-refractivity contribution in [3.05, 3.63) is 40.4 Å². The van der Waals surface area contributed by atoms with Crippen molar-refractivity contribution >= 4 is 10.9 Å².